The van der Waals surface area contributed by atoms with Crippen molar-refractivity contribution in [3.8, 4) is 11.5 Å². The molecular formula is C12H17NO3. The predicted octanol–water partition coefficient (Wildman–Crippen LogP) is 2.02. The van der Waals surface area contributed by atoms with Crippen molar-refractivity contribution in [2.45, 2.75) is 25.9 Å². The number of aromatic hydroxyl groups is 2. The number of hydrogen-bond donors (Lipinski definition) is 2. The normalized spacial score (nSPS) is 17.5. The molecule has 0 aromatic heterocycles. The van der Waals surface area contributed by atoms with Gasteiger partial charge in [0.15, 0.2) is 11.5 Å². The molecule has 0 aliphatic carbocycles. The maximum absolute atomic E-state index is 9.32. The van der Waals surface area contributed by atoms with Crippen LogP contribution in [0.4, 0.5) is 0 Å². The van der Waals surface area contributed by atoms with Crippen LogP contribution < -0.4 is 0 Å². The van der Waals surface area contributed by atoms with Crippen molar-refractivity contribution in [2.24, 2.45) is 0 Å². The average molecular weight is 223 g/mol. The molecule has 4 nitrogen and oxygen atoms in total. The topological polar surface area (TPSA) is 52.9 Å². The van der Waals surface area contributed by atoms with Crippen LogP contribution in [0.15, 0.2) is 18.2 Å². The maximum atomic E-state index is 9.32. The van der Waals surface area contributed by atoms with Crippen LogP contribution in [-0.2, 0) is 11.4 Å². The predicted molar refractivity (Wildman–Crippen MR) is 60.0 cm³/mol. The van der Waals surface area contributed by atoms with Crippen LogP contribution >= 0.6 is 0 Å². The monoisotopic (exact) mass is 223 g/mol. The van der Waals surface area contributed by atoms with Crippen molar-refractivity contribution in [3.63, 3.8) is 0 Å². The van der Waals surface area contributed by atoms with Crippen LogP contribution in [0.1, 0.15) is 24.8 Å². The molecule has 1 saturated heterocycles. The summed E-state index contributed by atoms with van der Waals surface area (Å²) in [6.45, 7) is 2.39. The number of phenolic OH excluding ortho intramolecular Hbond substituents is 2. The molecule has 1 aliphatic heterocycles. The molecule has 0 unspecified atom stereocenters. The van der Waals surface area contributed by atoms with E-state index in [0.29, 0.717) is 6.61 Å². The van der Waals surface area contributed by atoms with E-state index in [1.807, 2.05) is 5.06 Å². The lowest BCUT2D eigenvalue weighted by Crippen LogP contribution is -2.29. The van der Waals surface area contributed by atoms with E-state index in [2.05, 4.69) is 0 Å². The quantitative estimate of drug-likeness (QED) is 0.770. The van der Waals surface area contributed by atoms with Crippen molar-refractivity contribution in [1.82, 2.24) is 5.06 Å². The molecular weight excluding hydrogens is 206 g/mol. The Kier molecular flexibility index (Phi) is 3.64. The Labute approximate surface area is 95.0 Å². The van der Waals surface area contributed by atoms with E-state index in [-0.39, 0.29) is 11.5 Å². The summed E-state index contributed by atoms with van der Waals surface area (Å²) in [5.41, 5.74) is 0.862. The first-order valence-corrected chi connectivity index (χ1v) is 5.64. The van der Waals surface area contributed by atoms with Gasteiger partial charge >= 0.3 is 0 Å². The second-order valence-electron chi connectivity index (χ2n) is 4.09. The third-order valence-electron chi connectivity index (χ3n) is 2.77. The first-order valence-electron chi connectivity index (χ1n) is 5.64. The fraction of sp³-hybridized carbons (Fsp3) is 0.500. The van der Waals surface area contributed by atoms with E-state index in [0.717, 1.165) is 18.7 Å². The number of hydroxylamine groups is 2. The molecule has 1 heterocycles. The van der Waals surface area contributed by atoms with E-state index in [1.165, 1.54) is 31.4 Å². The fourth-order valence-electron chi connectivity index (χ4n) is 1.82. The van der Waals surface area contributed by atoms with E-state index in [9.17, 15) is 5.11 Å². The number of phenols is 2. The van der Waals surface area contributed by atoms with Crippen molar-refractivity contribution in [2.75, 3.05) is 13.1 Å². The average Bonchev–Trinajstić information content (AvgIpc) is 2.32. The second kappa shape index (κ2) is 5.18. The molecule has 16 heavy (non-hydrogen) atoms. The Morgan fingerprint density at radius 2 is 1.81 bits per heavy atom. The zero-order valence-corrected chi connectivity index (χ0v) is 9.22. The molecule has 2 N–H and O–H groups in total. The molecule has 88 valence electrons. The van der Waals surface area contributed by atoms with Gasteiger partial charge in [-0.05, 0) is 30.5 Å². The number of benzene rings is 1. The van der Waals surface area contributed by atoms with Gasteiger partial charge in [0, 0.05) is 13.1 Å². The number of hydrogen-bond acceptors (Lipinski definition) is 4. The fourth-order valence-corrected chi connectivity index (χ4v) is 1.82. The summed E-state index contributed by atoms with van der Waals surface area (Å²) >= 11 is 0. The summed E-state index contributed by atoms with van der Waals surface area (Å²) in [4.78, 5) is 5.60. The lowest BCUT2D eigenvalue weighted by molar-refractivity contribution is -0.178. The summed E-state index contributed by atoms with van der Waals surface area (Å²) in [7, 11) is 0. The largest absolute Gasteiger partial charge is 0.504 e. The molecule has 0 saturated carbocycles. The van der Waals surface area contributed by atoms with Gasteiger partial charge in [-0.2, -0.15) is 5.06 Å². The molecule has 0 radical (unpaired) electrons. The van der Waals surface area contributed by atoms with Gasteiger partial charge in [-0.3, -0.25) is 4.84 Å². The van der Waals surface area contributed by atoms with Crippen LogP contribution in [0.25, 0.3) is 0 Å². The molecule has 1 aliphatic rings. The van der Waals surface area contributed by atoms with E-state index in [4.69, 9.17) is 9.94 Å². The lowest BCUT2D eigenvalue weighted by atomic mass is 10.2. The zero-order chi connectivity index (χ0) is 11.4. The highest BCUT2D eigenvalue weighted by Gasteiger charge is 2.10. The minimum Gasteiger partial charge on any atom is -0.504 e. The Morgan fingerprint density at radius 1 is 1.06 bits per heavy atom. The number of piperidine rings is 1. The Morgan fingerprint density at radius 3 is 2.50 bits per heavy atom. The number of nitrogens with zero attached hydrogens (tertiary/aromatic N) is 1. The van der Waals surface area contributed by atoms with Crippen molar-refractivity contribution in [3.05, 3.63) is 23.8 Å². The molecule has 0 amide bonds. The van der Waals surface area contributed by atoms with Crippen LogP contribution in [0.2, 0.25) is 0 Å². The summed E-state index contributed by atoms with van der Waals surface area (Å²) in [5, 5.41) is 20.4. The highest BCUT2D eigenvalue weighted by Crippen LogP contribution is 2.25. The molecule has 1 aromatic rings. The third kappa shape index (κ3) is 2.87. The highest BCUT2D eigenvalue weighted by molar-refractivity contribution is 5.40. The van der Waals surface area contributed by atoms with Crippen molar-refractivity contribution < 1.29 is 15.1 Å². The third-order valence-corrected chi connectivity index (χ3v) is 2.77. The summed E-state index contributed by atoms with van der Waals surface area (Å²) < 4.78 is 0. The van der Waals surface area contributed by atoms with Gasteiger partial charge in [0.05, 0.1) is 6.61 Å². The molecule has 4 heteroatoms. The molecule has 1 fully saturated rings. The van der Waals surface area contributed by atoms with E-state index < -0.39 is 0 Å². The highest BCUT2D eigenvalue weighted by atomic mass is 16.7. The Hall–Kier alpha value is -1.26. The van der Waals surface area contributed by atoms with Gasteiger partial charge in [0.1, 0.15) is 0 Å². The van der Waals surface area contributed by atoms with Crippen LogP contribution in [0.3, 0.4) is 0 Å². The lowest BCUT2D eigenvalue weighted by Gasteiger charge is -2.25. The van der Waals surface area contributed by atoms with Gasteiger partial charge in [-0.1, -0.05) is 12.5 Å². The van der Waals surface area contributed by atoms with Crippen molar-refractivity contribution >= 4 is 0 Å². The van der Waals surface area contributed by atoms with Crippen LogP contribution in [0.5, 0.6) is 11.5 Å². The summed E-state index contributed by atoms with van der Waals surface area (Å²) in [6, 6.07) is 4.75. The van der Waals surface area contributed by atoms with Gasteiger partial charge in [-0.25, -0.2) is 0 Å². The molecule has 0 bridgehead atoms. The van der Waals surface area contributed by atoms with Crippen molar-refractivity contribution in [1.29, 1.82) is 0 Å². The molecule has 0 spiro atoms. The molecule has 1 aromatic carbocycles. The maximum Gasteiger partial charge on any atom is 0.157 e. The first-order chi connectivity index (χ1) is 7.75. The first kappa shape index (κ1) is 11.2. The van der Waals surface area contributed by atoms with Gasteiger partial charge < -0.3 is 10.2 Å². The standard InChI is InChI=1S/C12H17NO3/c14-11-5-4-10(8-12(11)15)9-16-13-6-2-1-3-7-13/h4-5,8,14-15H,1-3,6-7,9H2. The Balaban J connectivity index is 1.86. The summed E-state index contributed by atoms with van der Waals surface area (Å²) in [5.74, 6) is -0.193. The minimum atomic E-state index is -0.0975. The van der Waals surface area contributed by atoms with Crippen LogP contribution in [0, 0.1) is 0 Å². The van der Waals surface area contributed by atoms with E-state index >= 15 is 0 Å². The minimum absolute atomic E-state index is 0.0956. The smallest absolute Gasteiger partial charge is 0.157 e. The zero-order valence-electron chi connectivity index (χ0n) is 9.22. The number of rotatable bonds is 3. The van der Waals surface area contributed by atoms with Gasteiger partial charge in [-0.15, -0.1) is 0 Å². The second-order valence-corrected chi connectivity index (χ2v) is 4.09. The molecule has 0 atom stereocenters. The van der Waals surface area contributed by atoms with Gasteiger partial charge in [0.2, 0.25) is 0 Å². The Bertz CT molecular complexity index is 348. The van der Waals surface area contributed by atoms with Gasteiger partial charge in [0.25, 0.3) is 0 Å². The summed E-state index contributed by atoms with van der Waals surface area (Å²) in [6.07, 6.45) is 3.64. The molecule has 2 rings (SSSR count). The van der Waals surface area contributed by atoms with Crippen LogP contribution in [-0.4, -0.2) is 28.4 Å². The van der Waals surface area contributed by atoms with E-state index in [1.54, 1.807) is 6.07 Å². The SMILES string of the molecule is Oc1ccc(CON2CCCCC2)cc1O.